The van der Waals surface area contributed by atoms with Crippen molar-refractivity contribution in [2.24, 2.45) is 0 Å². The van der Waals surface area contributed by atoms with Gasteiger partial charge in [0.1, 0.15) is 5.82 Å². The molecule has 0 heterocycles. The second-order valence-electron chi connectivity index (χ2n) is 3.87. The van der Waals surface area contributed by atoms with Crippen molar-refractivity contribution < 1.29 is 9.18 Å². The highest BCUT2D eigenvalue weighted by molar-refractivity contribution is 6.34. The molecule has 0 bridgehead atoms. The van der Waals surface area contributed by atoms with Crippen LogP contribution in [0.4, 0.5) is 10.1 Å². The van der Waals surface area contributed by atoms with Crippen LogP contribution in [0.3, 0.4) is 0 Å². The molecule has 0 aliphatic heterocycles. The normalized spacial score (nSPS) is 10.3. The average Bonchev–Trinajstić information content (AvgIpc) is 2.39. The molecule has 0 saturated carbocycles. The highest BCUT2D eigenvalue weighted by Crippen LogP contribution is 2.21. The van der Waals surface area contributed by atoms with Crippen LogP contribution in [0.2, 0.25) is 5.02 Å². The number of benzene rings is 2. The molecule has 0 fully saturated rings. The van der Waals surface area contributed by atoms with Crippen molar-refractivity contribution in [2.45, 2.75) is 5.88 Å². The maximum atomic E-state index is 12.9. The second kappa shape index (κ2) is 6.04. The molecule has 5 heteroatoms. The lowest BCUT2D eigenvalue weighted by Crippen LogP contribution is -2.13. The van der Waals surface area contributed by atoms with Crippen LogP contribution in [-0.2, 0) is 5.88 Å². The summed E-state index contributed by atoms with van der Waals surface area (Å²) in [6, 6.07) is 10.8. The fourth-order valence-corrected chi connectivity index (χ4v) is 2.11. The number of hydrogen-bond donors (Lipinski definition) is 1. The van der Waals surface area contributed by atoms with Crippen LogP contribution in [0.5, 0.6) is 0 Å². The lowest BCUT2D eigenvalue weighted by Gasteiger charge is -2.10. The van der Waals surface area contributed by atoms with Gasteiger partial charge in [0, 0.05) is 11.6 Å². The Labute approximate surface area is 120 Å². The van der Waals surface area contributed by atoms with Crippen LogP contribution in [-0.4, -0.2) is 5.91 Å². The number of hydrogen-bond acceptors (Lipinski definition) is 1. The molecule has 0 aliphatic carbocycles. The fourth-order valence-electron chi connectivity index (χ4n) is 1.62. The van der Waals surface area contributed by atoms with Gasteiger partial charge in [-0.3, -0.25) is 4.79 Å². The van der Waals surface area contributed by atoms with E-state index in [0.717, 1.165) is 11.6 Å². The third-order valence-corrected chi connectivity index (χ3v) is 3.19. The molecular weight excluding hydrogens is 288 g/mol. The number of carbonyl (C=O) groups is 1. The van der Waals surface area contributed by atoms with Crippen LogP contribution in [0.15, 0.2) is 42.5 Å². The summed E-state index contributed by atoms with van der Waals surface area (Å²) in [6.07, 6.45) is 0. The van der Waals surface area contributed by atoms with Gasteiger partial charge in [0.05, 0.1) is 10.6 Å². The summed E-state index contributed by atoms with van der Waals surface area (Å²) in [5.41, 5.74) is 1.63. The number of para-hydroxylation sites is 1. The van der Waals surface area contributed by atoms with E-state index in [-0.39, 0.29) is 16.5 Å². The largest absolute Gasteiger partial charge is 0.322 e. The molecule has 2 aromatic carbocycles. The Bertz CT molecular complexity index is 616. The number of nitrogens with one attached hydrogen (secondary N) is 1. The molecule has 0 saturated heterocycles. The number of rotatable bonds is 3. The van der Waals surface area contributed by atoms with Crippen molar-refractivity contribution in [2.75, 3.05) is 5.32 Å². The standard InChI is InChI=1S/C14H10Cl2FNO/c15-8-9-3-1-2-4-13(9)18-14(19)11-6-5-10(17)7-12(11)16/h1-7H,8H2,(H,18,19). The third kappa shape index (κ3) is 3.25. The van der Waals surface area contributed by atoms with E-state index >= 15 is 0 Å². The number of alkyl halides is 1. The summed E-state index contributed by atoms with van der Waals surface area (Å²) < 4.78 is 12.9. The SMILES string of the molecule is O=C(Nc1ccccc1CCl)c1ccc(F)cc1Cl. The van der Waals surface area contributed by atoms with Crippen molar-refractivity contribution in [1.82, 2.24) is 0 Å². The second-order valence-corrected chi connectivity index (χ2v) is 4.54. The van der Waals surface area contributed by atoms with Crippen molar-refractivity contribution >= 4 is 34.8 Å². The first-order valence-corrected chi connectivity index (χ1v) is 6.43. The Morgan fingerprint density at radius 1 is 1.21 bits per heavy atom. The number of carbonyl (C=O) groups excluding carboxylic acids is 1. The maximum absolute atomic E-state index is 12.9. The molecule has 0 aliphatic rings. The first-order valence-electron chi connectivity index (χ1n) is 5.52. The van der Waals surface area contributed by atoms with Crippen LogP contribution < -0.4 is 5.32 Å². The molecule has 1 N–H and O–H groups in total. The highest BCUT2D eigenvalue weighted by Gasteiger charge is 2.12. The van der Waals surface area contributed by atoms with Gasteiger partial charge in [-0.1, -0.05) is 29.8 Å². The van der Waals surface area contributed by atoms with Gasteiger partial charge in [-0.25, -0.2) is 4.39 Å². The zero-order chi connectivity index (χ0) is 13.8. The van der Waals surface area contributed by atoms with Crippen LogP contribution in [0, 0.1) is 5.82 Å². The quantitative estimate of drug-likeness (QED) is 0.832. The first kappa shape index (κ1) is 13.8. The maximum Gasteiger partial charge on any atom is 0.257 e. The van der Waals surface area contributed by atoms with E-state index in [4.69, 9.17) is 23.2 Å². The molecule has 2 rings (SSSR count). The van der Waals surface area contributed by atoms with Crippen LogP contribution in [0.1, 0.15) is 15.9 Å². The monoisotopic (exact) mass is 297 g/mol. The minimum atomic E-state index is -0.484. The van der Waals surface area contributed by atoms with E-state index in [9.17, 15) is 9.18 Å². The Balaban J connectivity index is 2.26. The molecule has 0 radical (unpaired) electrons. The topological polar surface area (TPSA) is 29.1 Å². The third-order valence-electron chi connectivity index (χ3n) is 2.59. The lowest BCUT2D eigenvalue weighted by molar-refractivity contribution is 0.102. The zero-order valence-electron chi connectivity index (χ0n) is 9.79. The van der Waals surface area contributed by atoms with Crippen molar-refractivity contribution in [1.29, 1.82) is 0 Å². The highest BCUT2D eigenvalue weighted by atomic mass is 35.5. The van der Waals surface area contributed by atoms with Crippen LogP contribution in [0.25, 0.3) is 0 Å². The van der Waals surface area contributed by atoms with Gasteiger partial charge in [-0.2, -0.15) is 0 Å². The van der Waals surface area contributed by atoms with Gasteiger partial charge >= 0.3 is 0 Å². The zero-order valence-corrected chi connectivity index (χ0v) is 11.3. The molecule has 0 aromatic heterocycles. The number of amides is 1. The Morgan fingerprint density at radius 3 is 2.63 bits per heavy atom. The molecule has 19 heavy (non-hydrogen) atoms. The van der Waals surface area contributed by atoms with E-state index in [1.807, 2.05) is 12.1 Å². The number of anilines is 1. The van der Waals surface area contributed by atoms with Gasteiger partial charge in [-0.05, 0) is 29.8 Å². The molecule has 1 amide bonds. The smallest absolute Gasteiger partial charge is 0.257 e. The Kier molecular flexibility index (Phi) is 4.40. The van der Waals surface area contributed by atoms with Gasteiger partial charge in [-0.15, -0.1) is 11.6 Å². The summed E-state index contributed by atoms with van der Waals surface area (Å²) in [7, 11) is 0. The predicted octanol–water partition coefficient (Wildman–Crippen LogP) is 4.47. The average molecular weight is 298 g/mol. The Hall–Kier alpha value is -1.58. The fraction of sp³-hybridized carbons (Fsp3) is 0.0714. The summed E-state index contributed by atoms with van der Waals surface area (Å²) in [4.78, 5) is 12.1. The van der Waals surface area contributed by atoms with Gasteiger partial charge in [0.15, 0.2) is 0 Å². The van der Waals surface area contributed by atoms with E-state index in [0.29, 0.717) is 5.69 Å². The molecule has 0 atom stereocenters. The van der Waals surface area contributed by atoms with E-state index in [2.05, 4.69) is 5.32 Å². The minimum absolute atomic E-state index is 0.0702. The summed E-state index contributed by atoms with van der Waals surface area (Å²) >= 11 is 11.6. The van der Waals surface area contributed by atoms with Gasteiger partial charge in [0.25, 0.3) is 5.91 Å². The van der Waals surface area contributed by atoms with E-state index < -0.39 is 11.7 Å². The summed E-state index contributed by atoms with van der Waals surface area (Å²) in [5, 5.41) is 2.78. The Morgan fingerprint density at radius 2 is 1.95 bits per heavy atom. The molecule has 98 valence electrons. The van der Waals surface area contributed by atoms with Crippen molar-refractivity contribution in [3.63, 3.8) is 0 Å². The molecule has 0 unspecified atom stereocenters. The van der Waals surface area contributed by atoms with Gasteiger partial charge in [0.2, 0.25) is 0 Å². The van der Waals surface area contributed by atoms with Crippen LogP contribution >= 0.6 is 23.2 Å². The van der Waals surface area contributed by atoms with Crippen molar-refractivity contribution in [3.8, 4) is 0 Å². The molecule has 2 nitrogen and oxygen atoms in total. The van der Waals surface area contributed by atoms with Crippen molar-refractivity contribution in [3.05, 3.63) is 64.4 Å². The molecule has 0 spiro atoms. The predicted molar refractivity (Wildman–Crippen MR) is 75.4 cm³/mol. The first-order chi connectivity index (χ1) is 9.11. The number of halogens is 3. The molecule has 2 aromatic rings. The lowest BCUT2D eigenvalue weighted by atomic mass is 10.1. The molecular formula is C14H10Cl2FNO. The summed E-state index contributed by atoms with van der Waals surface area (Å²) in [5.74, 6) is -0.599. The summed E-state index contributed by atoms with van der Waals surface area (Å²) in [6.45, 7) is 0. The van der Waals surface area contributed by atoms with E-state index in [1.54, 1.807) is 12.1 Å². The minimum Gasteiger partial charge on any atom is -0.322 e. The van der Waals surface area contributed by atoms with Gasteiger partial charge < -0.3 is 5.32 Å². The van der Waals surface area contributed by atoms with E-state index in [1.165, 1.54) is 12.1 Å².